The Balaban J connectivity index is 1.38. The number of amides is 1. The largest absolute Gasteiger partial charge is 0.493 e. The van der Waals surface area contributed by atoms with Gasteiger partial charge in [0.15, 0.2) is 5.84 Å². The zero-order valence-corrected chi connectivity index (χ0v) is 21.2. The second-order valence-electron chi connectivity index (χ2n) is 7.71. The third-order valence-corrected chi connectivity index (χ3v) is 7.73. The van der Waals surface area contributed by atoms with Crippen LogP contribution in [0.15, 0.2) is 58.1 Å². The van der Waals surface area contributed by atoms with Crippen molar-refractivity contribution in [3.05, 3.63) is 64.2 Å². The van der Waals surface area contributed by atoms with Crippen molar-refractivity contribution in [2.24, 2.45) is 10.1 Å². The molecule has 4 rings (SSSR count). The molecule has 2 aliphatic rings. The fraction of sp³-hybridized carbons (Fsp3) is 0.217. The number of hydrogen-bond donors (Lipinski definition) is 1. The Hall–Kier alpha value is -3.15. The number of amidine groups is 2. The average molecular weight is 533 g/mol. The van der Waals surface area contributed by atoms with Gasteiger partial charge in [-0.05, 0) is 54.6 Å². The minimum atomic E-state index is -3.59. The van der Waals surface area contributed by atoms with Crippen LogP contribution in [-0.4, -0.2) is 54.2 Å². The van der Waals surface area contributed by atoms with Gasteiger partial charge in [-0.1, -0.05) is 35.4 Å². The monoisotopic (exact) mass is 532 g/mol. The maximum atomic E-state index is 12.5. The van der Waals surface area contributed by atoms with Crippen LogP contribution in [0, 0.1) is 12.3 Å². The number of aliphatic imine (C=N–C) groups is 1. The molecule has 0 spiro atoms. The summed E-state index contributed by atoms with van der Waals surface area (Å²) < 4.78 is 34.7. The third-order valence-electron chi connectivity index (χ3n) is 4.86. The van der Waals surface area contributed by atoms with E-state index in [9.17, 15) is 13.2 Å². The summed E-state index contributed by atoms with van der Waals surface area (Å²) in [5.41, 5.74) is 1.68. The van der Waals surface area contributed by atoms with Gasteiger partial charge in [-0.15, -0.1) is 5.10 Å². The molecule has 182 valence electrons. The van der Waals surface area contributed by atoms with Crippen LogP contribution in [0.4, 0.5) is 0 Å². The molecule has 2 heterocycles. The van der Waals surface area contributed by atoms with E-state index in [1.807, 2.05) is 31.2 Å². The molecule has 9 nitrogen and oxygen atoms in total. The van der Waals surface area contributed by atoms with E-state index in [4.69, 9.17) is 26.5 Å². The Labute approximate surface area is 211 Å². The van der Waals surface area contributed by atoms with Crippen LogP contribution in [0.1, 0.15) is 17.5 Å². The first kappa shape index (κ1) is 25.0. The van der Waals surface area contributed by atoms with Gasteiger partial charge in [0.1, 0.15) is 11.5 Å². The van der Waals surface area contributed by atoms with Crippen molar-refractivity contribution in [1.29, 1.82) is 5.41 Å². The number of fused-ring (bicyclic) bond motifs is 1. The van der Waals surface area contributed by atoms with Crippen molar-refractivity contribution in [3.8, 4) is 11.5 Å². The zero-order valence-electron chi connectivity index (χ0n) is 18.8. The number of carbonyl (C=O) groups excluding carboxylic acids is 1. The molecule has 2 aromatic carbocycles. The number of aryl methyl sites for hydroxylation is 1. The normalized spacial score (nSPS) is 16.8. The number of nitrogens with one attached hydrogen (secondary N) is 1. The lowest BCUT2D eigenvalue weighted by Crippen LogP contribution is -2.35. The number of benzene rings is 2. The number of ether oxygens (including phenoxy) is 2. The fourth-order valence-corrected chi connectivity index (χ4v) is 5.01. The summed E-state index contributed by atoms with van der Waals surface area (Å²) in [5.74, 6) is 0.351. The summed E-state index contributed by atoms with van der Waals surface area (Å²) in [6.07, 6.45) is 3.11. The van der Waals surface area contributed by atoms with E-state index >= 15 is 0 Å². The van der Waals surface area contributed by atoms with Crippen molar-refractivity contribution >= 4 is 60.6 Å². The van der Waals surface area contributed by atoms with Gasteiger partial charge in [0.05, 0.1) is 23.8 Å². The second-order valence-corrected chi connectivity index (χ2v) is 11.3. The summed E-state index contributed by atoms with van der Waals surface area (Å²) in [6.45, 7) is 2.91. The molecule has 0 aliphatic carbocycles. The van der Waals surface area contributed by atoms with Crippen molar-refractivity contribution in [3.63, 3.8) is 0 Å². The first-order chi connectivity index (χ1) is 16.6. The molecule has 0 bridgehead atoms. The summed E-state index contributed by atoms with van der Waals surface area (Å²) in [4.78, 5) is 16.3. The average Bonchev–Trinajstić information content (AvgIpc) is 3.24. The molecule has 0 unspecified atom stereocenters. The number of sulfone groups is 1. The van der Waals surface area contributed by atoms with E-state index in [1.54, 1.807) is 18.2 Å². The SMILES string of the molecule is Cc1ccc(OCCCOc2ccc(/C=C3/C(=N)N4N=C(S(C)(=O)=O)SC4=NC3=O)cc2Cl)cc1. The van der Waals surface area contributed by atoms with Gasteiger partial charge in [0.2, 0.25) is 19.4 Å². The Morgan fingerprint density at radius 3 is 2.54 bits per heavy atom. The van der Waals surface area contributed by atoms with Crippen molar-refractivity contribution in [1.82, 2.24) is 5.01 Å². The quantitative estimate of drug-likeness (QED) is 0.420. The lowest BCUT2D eigenvalue weighted by atomic mass is 10.1. The number of nitrogens with zero attached hydrogens (tertiary/aromatic N) is 3. The molecule has 0 saturated heterocycles. The Morgan fingerprint density at radius 1 is 1.14 bits per heavy atom. The molecule has 0 radical (unpaired) electrons. The highest BCUT2D eigenvalue weighted by Crippen LogP contribution is 2.31. The number of carbonyl (C=O) groups is 1. The van der Waals surface area contributed by atoms with Crippen LogP contribution in [0.2, 0.25) is 5.02 Å². The second kappa shape index (κ2) is 10.2. The van der Waals surface area contributed by atoms with Crippen LogP contribution in [0.25, 0.3) is 6.08 Å². The van der Waals surface area contributed by atoms with Gasteiger partial charge in [0, 0.05) is 12.7 Å². The predicted octanol–water partition coefficient (Wildman–Crippen LogP) is 4.12. The highest BCUT2D eigenvalue weighted by molar-refractivity contribution is 8.42. The number of rotatable bonds is 7. The molecule has 0 atom stereocenters. The van der Waals surface area contributed by atoms with Gasteiger partial charge >= 0.3 is 0 Å². The van der Waals surface area contributed by atoms with Gasteiger partial charge in [-0.25, -0.2) is 8.42 Å². The Bertz CT molecular complexity index is 1390. The summed E-state index contributed by atoms with van der Waals surface area (Å²) in [7, 11) is -3.59. The molecular formula is C23H21ClN4O5S2. The highest BCUT2D eigenvalue weighted by Gasteiger charge is 2.38. The summed E-state index contributed by atoms with van der Waals surface area (Å²) >= 11 is 7.08. The molecule has 0 fully saturated rings. The molecule has 2 aliphatic heterocycles. The fourth-order valence-electron chi connectivity index (χ4n) is 3.08. The molecule has 12 heteroatoms. The Morgan fingerprint density at radius 2 is 1.86 bits per heavy atom. The van der Waals surface area contributed by atoms with Gasteiger partial charge in [-0.3, -0.25) is 10.2 Å². The van der Waals surface area contributed by atoms with E-state index in [2.05, 4.69) is 10.1 Å². The van der Waals surface area contributed by atoms with Crippen LogP contribution in [-0.2, 0) is 14.6 Å². The van der Waals surface area contributed by atoms with Crippen molar-refractivity contribution < 1.29 is 22.7 Å². The number of halogens is 1. The lowest BCUT2D eigenvalue weighted by molar-refractivity contribution is -0.114. The first-order valence-corrected chi connectivity index (χ1v) is 13.5. The van der Waals surface area contributed by atoms with E-state index in [0.717, 1.165) is 28.8 Å². The highest BCUT2D eigenvalue weighted by atomic mass is 35.5. The molecule has 1 amide bonds. The zero-order chi connectivity index (χ0) is 25.2. The van der Waals surface area contributed by atoms with E-state index in [1.165, 1.54) is 11.6 Å². The minimum absolute atomic E-state index is 0.0331. The smallest absolute Gasteiger partial charge is 0.283 e. The van der Waals surface area contributed by atoms with E-state index in [0.29, 0.717) is 36.0 Å². The molecule has 1 N–H and O–H groups in total. The summed E-state index contributed by atoms with van der Waals surface area (Å²) in [5, 5.41) is 13.6. The van der Waals surface area contributed by atoms with E-state index < -0.39 is 15.7 Å². The molecule has 0 aromatic heterocycles. The molecule has 2 aromatic rings. The maximum Gasteiger partial charge on any atom is 0.283 e. The maximum absolute atomic E-state index is 12.5. The third kappa shape index (κ3) is 5.92. The van der Waals surface area contributed by atoms with Gasteiger partial charge in [0.25, 0.3) is 5.91 Å². The van der Waals surface area contributed by atoms with Crippen LogP contribution < -0.4 is 9.47 Å². The lowest BCUT2D eigenvalue weighted by Gasteiger charge is -2.20. The molecule has 0 saturated carbocycles. The molecule has 35 heavy (non-hydrogen) atoms. The standard InChI is InChI=1S/C23H21ClN4O5S2/c1-14-4-7-16(8-5-14)32-10-3-11-33-19-9-6-15(13-18(19)24)12-17-20(25)28-22(26-21(17)29)34-23(27-28)35(2,30)31/h4-9,12-13,25H,3,10-11H2,1-2H3/b17-12-,25-20?. The van der Waals surface area contributed by atoms with Gasteiger partial charge in [-0.2, -0.15) is 10.0 Å². The van der Waals surface area contributed by atoms with Crippen LogP contribution >= 0.6 is 23.4 Å². The predicted molar refractivity (Wildman–Crippen MR) is 138 cm³/mol. The topological polar surface area (TPSA) is 121 Å². The Kier molecular flexibility index (Phi) is 7.29. The first-order valence-electron chi connectivity index (χ1n) is 10.4. The number of hydrazone groups is 1. The van der Waals surface area contributed by atoms with E-state index in [-0.39, 0.29) is 21.0 Å². The van der Waals surface area contributed by atoms with Crippen molar-refractivity contribution in [2.75, 3.05) is 19.5 Å². The van der Waals surface area contributed by atoms with Gasteiger partial charge < -0.3 is 9.47 Å². The minimum Gasteiger partial charge on any atom is -0.493 e. The van der Waals surface area contributed by atoms with Crippen LogP contribution in [0.5, 0.6) is 11.5 Å². The number of thioether (sulfide) groups is 1. The summed E-state index contributed by atoms with van der Waals surface area (Å²) in [6, 6.07) is 12.8. The number of hydrogen-bond acceptors (Lipinski definition) is 8. The molecular weight excluding hydrogens is 512 g/mol. The van der Waals surface area contributed by atoms with Crippen LogP contribution in [0.3, 0.4) is 0 Å². The van der Waals surface area contributed by atoms with Crippen molar-refractivity contribution in [2.45, 2.75) is 13.3 Å².